The Morgan fingerprint density at radius 3 is 2.61 bits per heavy atom. The highest BCUT2D eigenvalue weighted by Crippen LogP contribution is 2.46. The number of nitrogens with one attached hydrogen (secondary N) is 2. The number of carbonyl (C=O) groups is 1. The minimum Gasteiger partial charge on any atom is -0.462 e. The number of nitrogens with zero attached hydrogens (tertiary/aromatic N) is 1. The molecule has 0 aliphatic carbocycles. The monoisotopic (exact) mass is 561 g/mol. The number of aromatic nitrogens is 2. The van der Waals surface area contributed by atoms with Gasteiger partial charge >= 0.3 is 13.7 Å². The number of hydrogen-bond acceptors (Lipinski definition) is 9. The number of aliphatic hydroxyl groups excluding tert-OH is 1. The maximum Gasteiger partial charge on any atom is 0.459 e. The van der Waals surface area contributed by atoms with Crippen molar-refractivity contribution < 1.29 is 37.4 Å². The minimum absolute atomic E-state index is 0.115. The number of benzene rings is 1. The van der Waals surface area contributed by atoms with Gasteiger partial charge in [-0.25, -0.2) is 8.96 Å². The summed E-state index contributed by atoms with van der Waals surface area (Å²) in [4.78, 5) is 15.0. The van der Waals surface area contributed by atoms with Crippen molar-refractivity contribution in [1.29, 1.82) is 0 Å². The van der Waals surface area contributed by atoms with E-state index in [-0.39, 0.29) is 16.6 Å². The molecule has 2 heterocycles. The summed E-state index contributed by atoms with van der Waals surface area (Å²) in [6.45, 7) is 6.00. The van der Waals surface area contributed by atoms with Gasteiger partial charge in [-0.2, -0.15) is 5.09 Å². The third-order valence-electron chi connectivity index (χ3n) is 5.15. The van der Waals surface area contributed by atoms with E-state index in [1.807, 2.05) is 0 Å². The van der Waals surface area contributed by atoms with Crippen LogP contribution in [0.4, 0.5) is 4.39 Å². The smallest absolute Gasteiger partial charge is 0.459 e. The van der Waals surface area contributed by atoms with Gasteiger partial charge in [0.2, 0.25) is 0 Å². The summed E-state index contributed by atoms with van der Waals surface area (Å²) >= 11 is 10.4. The molecule has 1 aromatic carbocycles. The zero-order valence-electron chi connectivity index (χ0n) is 20.1. The predicted octanol–water partition coefficient (Wildman–Crippen LogP) is 4.31. The number of halogens is 1. The van der Waals surface area contributed by atoms with Crippen molar-refractivity contribution in [2.75, 3.05) is 6.61 Å². The Morgan fingerprint density at radius 2 is 1.97 bits per heavy atom. The van der Waals surface area contributed by atoms with E-state index >= 15 is 4.39 Å². The molecule has 36 heavy (non-hydrogen) atoms. The SMILES string of the molecule is Cc1cn([C@H]2O[C@@H](COP(=O)(N[C@@H](C)C(=O)OC(C)C)Oc3ccccc3)C(O)[C@H]2F)c(=S)[nH]c1=S. The van der Waals surface area contributed by atoms with E-state index < -0.39 is 51.0 Å². The van der Waals surface area contributed by atoms with E-state index in [1.165, 1.54) is 17.7 Å². The summed E-state index contributed by atoms with van der Waals surface area (Å²) in [6.07, 6.45) is -4.83. The first-order valence-corrected chi connectivity index (χ1v) is 13.5. The highest BCUT2D eigenvalue weighted by atomic mass is 32.1. The second-order valence-electron chi connectivity index (χ2n) is 8.51. The first kappa shape index (κ1) is 28.6. The molecule has 2 aromatic rings. The third-order valence-corrected chi connectivity index (χ3v) is 7.53. The molecular formula is C22H29FN3O7PS2. The van der Waals surface area contributed by atoms with E-state index in [1.54, 1.807) is 51.1 Å². The van der Waals surface area contributed by atoms with Crippen LogP contribution in [0, 0.1) is 16.3 Å². The van der Waals surface area contributed by atoms with Crippen LogP contribution < -0.4 is 9.61 Å². The van der Waals surface area contributed by atoms with Crippen molar-refractivity contribution in [2.24, 2.45) is 0 Å². The molecule has 1 fully saturated rings. The molecule has 198 valence electrons. The van der Waals surface area contributed by atoms with E-state index in [0.717, 1.165) is 0 Å². The van der Waals surface area contributed by atoms with Gasteiger partial charge in [0.25, 0.3) is 0 Å². The van der Waals surface area contributed by atoms with Crippen LogP contribution >= 0.6 is 32.2 Å². The van der Waals surface area contributed by atoms with E-state index in [2.05, 4.69) is 10.1 Å². The second-order valence-corrected chi connectivity index (χ2v) is 11.0. The van der Waals surface area contributed by atoms with Crippen LogP contribution in [0.1, 0.15) is 32.6 Å². The number of aliphatic hydroxyl groups is 1. The van der Waals surface area contributed by atoms with Crippen LogP contribution in [0.15, 0.2) is 36.5 Å². The lowest BCUT2D eigenvalue weighted by Gasteiger charge is -2.25. The summed E-state index contributed by atoms with van der Waals surface area (Å²) < 4.78 is 52.3. The van der Waals surface area contributed by atoms with Gasteiger partial charge in [0.15, 0.2) is 17.2 Å². The molecule has 0 bridgehead atoms. The Bertz CT molecular complexity index is 1230. The van der Waals surface area contributed by atoms with Crippen molar-refractivity contribution in [3.8, 4) is 5.75 Å². The molecule has 1 aliphatic rings. The Kier molecular flexibility index (Phi) is 9.56. The third kappa shape index (κ3) is 7.06. The summed E-state index contributed by atoms with van der Waals surface area (Å²) in [5, 5.41) is 13.0. The molecule has 3 N–H and O–H groups in total. The predicted molar refractivity (Wildman–Crippen MR) is 134 cm³/mol. The molecule has 0 radical (unpaired) electrons. The number of ether oxygens (including phenoxy) is 2. The number of alkyl halides is 1. The molecule has 6 atom stereocenters. The highest BCUT2D eigenvalue weighted by molar-refractivity contribution is 7.72. The molecule has 0 spiro atoms. The minimum atomic E-state index is -4.22. The largest absolute Gasteiger partial charge is 0.462 e. The van der Waals surface area contributed by atoms with Gasteiger partial charge in [-0.3, -0.25) is 13.9 Å². The number of hydrogen-bond donors (Lipinski definition) is 3. The number of para-hydroxylation sites is 1. The fraction of sp³-hybridized carbons (Fsp3) is 0.500. The fourth-order valence-corrected chi connectivity index (χ4v) is 5.32. The Morgan fingerprint density at radius 1 is 1.31 bits per heavy atom. The average molecular weight is 562 g/mol. The molecule has 0 saturated carbocycles. The van der Waals surface area contributed by atoms with Gasteiger partial charge in [-0.05, 0) is 52.0 Å². The van der Waals surface area contributed by atoms with E-state index in [0.29, 0.717) is 10.2 Å². The topological polar surface area (TPSA) is 124 Å². The van der Waals surface area contributed by atoms with E-state index in [4.69, 9.17) is 43.0 Å². The molecule has 2 unspecified atom stereocenters. The number of aryl methyl sites for hydroxylation is 1. The maximum atomic E-state index is 15.0. The van der Waals surface area contributed by atoms with Gasteiger partial charge < -0.3 is 24.1 Å². The lowest BCUT2D eigenvalue weighted by atomic mass is 10.1. The quantitative estimate of drug-likeness (QED) is 0.220. The van der Waals surface area contributed by atoms with Crippen LogP contribution in [0.2, 0.25) is 0 Å². The molecule has 1 aromatic heterocycles. The molecule has 14 heteroatoms. The number of carbonyl (C=O) groups excluding carboxylic acids is 1. The molecule has 1 saturated heterocycles. The number of aromatic amines is 1. The zero-order valence-corrected chi connectivity index (χ0v) is 22.6. The van der Waals surface area contributed by atoms with Gasteiger partial charge in [0.1, 0.15) is 28.6 Å². The van der Waals surface area contributed by atoms with Crippen LogP contribution in [-0.4, -0.2) is 57.8 Å². The standard InChI is InChI=1S/C22H29FN3O7PS2/c1-12(2)31-21(28)14(4)25-34(29,33-15-8-6-5-7-9-15)30-11-16-18(27)17(23)20(32-16)26-10-13(3)19(35)24-22(26)36/h5-10,12,14,16-18,20,27H,11H2,1-4H3,(H,25,29)(H,24,35,36)/t14-,16-,17+,18?,20-,34?/m0/s1. The van der Waals surface area contributed by atoms with Crippen LogP contribution in [0.25, 0.3) is 0 Å². The zero-order chi connectivity index (χ0) is 26.6. The number of rotatable bonds is 10. The van der Waals surface area contributed by atoms with Gasteiger partial charge in [0, 0.05) is 11.8 Å². The van der Waals surface area contributed by atoms with Crippen molar-refractivity contribution in [3.63, 3.8) is 0 Å². The summed E-state index contributed by atoms with van der Waals surface area (Å²) in [5.41, 5.74) is 0.635. The molecule has 3 rings (SSSR count). The van der Waals surface area contributed by atoms with Crippen LogP contribution in [0.3, 0.4) is 0 Å². The van der Waals surface area contributed by atoms with Crippen molar-refractivity contribution in [3.05, 3.63) is 51.5 Å². The Labute approximate surface area is 218 Å². The Balaban J connectivity index is 1.77. The first-order valence-electron chi connectivity index (χ1n) is 11.2. The summed E-state index contributed by atoms with van der Waals surface area (Å²) in [6, 6.07) is 7.09. The Hall–Kier alpha value is -1.99. The van der Waals surface area contributed by atoms with Crippen molar-refractivity contribution >= 4 is 38.2 Å². The molecule has 10 nitrogen and oxygen atoms in total. The van der Waals surface area contributed by atoms with Crippen LogP contribution in [-0.2, 0) is 23.4 Å². The van der Waals surface area contributed by atoms with Crippen molar-refractivity contribution in [1.82, 2.24) is 14.6 Å². The molecular weight excluding hydrogens is 532 g/mol. The average Bonchev–Trinajstić information content (AvgIpc) is 3.08. The van der Waals surface area contributed by atoms with Gasteiger partial charge in [0.05, 0.1) is 12.7 Å². The fourth-order valence-electron chi connectivity index (χ4n) is 3.35. The summed E-state index contributed by atoms with van der Waals surface area (Å²) in [7, 11) is -4.22. The first-order chi connectivity index (χ1) is 16.9. The number of H-pyrrole nitrogens is 1. The van der Waals surface area contributed by atoms with Crippen molar-refractivity contribution in [2.45, 2.75) is 64.4 Å². The summed E-state index contributed by atoms with van der Waals surface area (Å²) in [5.74, 6) is -0.467. The van der Waals surface area contributed by atoms with Gasteiger partial charge in [-0.1, -0.05) is 30.4 Å². The highest BCUT2D eigenvalue weighted by Gasteiger charge is 2.46. The van der Waals surface area contributed by atoms with E-state index in [9.17, 15) is 14.5 Å². The second kappa shape index (κ2) is 12.0. The molecule has 1 aliphatic heterocycles. The van der Waals surface area contributed by atoms with Gasteiger partial charge in [-0.15, -0.1) is 0 Å². The maximum absolute atomic E-state index is 15.0. The lowest BCUT2D eigenvalue weighted by Crippen LogP contribution is -2.37. The number of esters is 1. The van der Waals surface area contributed by atoms with Crippen LogP contribution in [0.5, 0.6) is 5.75 Å². The lowest BCUT2D eigenvalue weighted by molar-refractivity contribution is -0.149. The normalized spacial score (nSPS) is 24.3. The molecule has 0 amide bonds.